The number of rotatable bonds is 5. The molecule has 5 heteroatoms. The maximum atomic E-state index is 5.23. The van der Waals surface area contributed by atoms with Crippen LogP contribution in [-0.4, -0.2) is 19.5 Å². The maximum absolute atomic E-state index is 5.23. The molecule has 3 heterocycles. The molecule has 5 aromatic carbocycles. The van der Waals surface area contributed by atoms with Crippen LogP contribution < -0.4 is 0 Å². The Bertz CT molecular complexity index is 2220. The monoisotopic (exact) mass is 628 g/mol. The predicted molar refractivity (Wildman–Crippen MR) is 184 cm³/mol. The second kappa shape index (κ2) is 11.0. The van der Waals surface area contributed by atoms with Crippen molar-refractivity contribution < 1.29 is 0 Å². The van der Waals surface area contributed by atoms with Crippen LogP contribution in [0.5, 0.6) is 0 Å². The van der Waals surface area contributed by atoms with Gasteiger partial charge in [0.05, 0.1) is 22.4 Å². The van der Waals surface area contributed by atoms with E-state index in [-0.39, 0.29) is 0 Å². The first-order valence-corrected chi connectivity index (χ1v) is 15.3. The van der Waals surface area contributed by atoms with Crippen molar-refractivity contribution in [2.24, 2.45) is 0 Å². The van der Waals surface area contributed by atoms with Crippen LogP contribution in [0.4, 0.5) is 0 Å². The third-order valence-corrected chi connectivity index (χ3v) is 8.43. The molecular formula is C39H25BrN4. The third-order valence-electron chi connectivity index (χ3n) is 7.97. The topological polar surface area (TPSA) is 43.6 Å². The minimum absolute atomic E-state index is 0.630. The lowest BCUT2D eigenvalue weighted by Crippen LogP contribution is -2.04. The molecule has 0 aliphatic carbocycles. The van der Waals surface area contributed by atoms with Gasteiger partial charge in [-0.05, 0) is 59.2 Å². The zero-order valence-corrected chi connectivity index (χ0v) is 25.2. The summed E-state index contributed by atoms with van der Waals surface area (Å²) >= 11 is 3.75. The molecule has 44 heavy (non-hydrogen) atoms. The van der Waals surface area contributed by atoms with E-state index in [0.29, 0.717) is 5.95 Å². The van der Waals surface area contributed by atoms with Crippen molar-refractivity contribution >= 4 is 37.7 Å². The summed E-state index contributed by atoms with van der Waals surface area (Å²) in [4.78, 5) is 14.8. The van der Waals surface area contributed by atoms with Crippen molar-refractivity contribution in [3.05, 3.63) is 156 Å². The van der Waals surface area contributed by atoms with Crippen LogP contribution in [0.2, 0.25) is 0 Å². The Morgan fingerprint density at radius 3 is 1.70 bits per heavy atom. The Morgan fingerprint density at radius 1 is 0.455 bits per heavy atom. The molecule has 0 saturated heterocycles. The summed E-state index contributed by atoms with van der Waals surface area (Å²) < 4.78 is 3.15. The highest BCUT2D eigenvalue weighted by Crippen LogP contribution is 2.35. The van der Waals surface area contributed by atoms with Gasteiger partial charge in [-0.25, -0.2) is 9.97 Å². The second-order valence-electron chi connectivity index (χ2n) is 10.7. The SMILES string of the molecule is Brc1cc(-c2cccnc2)cc(-c2cc(-c3ccc(-c4ccccc4)cc3)nc(-n3c4ccccc4c4ccccc43)n2)c1. The predicted octanol–water partition coefficient (Wildman–Crippen LogP) is 10.4. The molecule has 0 amide bonds. The van der Waals surface area contributed by atoms with E-state index >= 15 is 0 Å². The Labute approximate surface area is 263 Å². The summed E-state index contributed by atoms with van der Waals surface area (Å²) in [5.41, 5.74) is 10.3. The summed E-state index contributed by atoms with van der Waals surface area (Å²) in [6.45, 7) is 0. The molecule has 0 aliphatic rings. The van der Waals surface area contributed by atoms with Crippen LogP contribution in [0, 0.1) is 0 Å². The Balaban J connectivity index is 1.35. The van der Waals surface area contributed by atoms with Crippen molar-refractivity contribution in [2.45, 2.75) is 0 Å². The van der Waals surface area contributed by atoms with Crippen molar-refractivity contribution in [3.63, 3.8) is 0 Å². The van der Waals surface area contributed by atoms with Gasteiger partial charge in [-0.3, -0.25) is 9.55 Å². The number of pyridine rings is 1. The highest BCUT2D eigenvalue weighted by Gasteiger charge is 2.17. The van der Waals surface area contributed by atoms with Gasteiger partial charge in [0.2, 0.25) is 5.95 Å². The Kier molecular flexibility index (Phi) is 6.58. The first kappa shape index (κ1) is 26.3. The van der Waals surface area contributed by atoms with Gasteiger partial charge in [-0.2, -0.15) is 0 Å². The van der Waals surface area contributed by atoms with Crippen LogP contribution in [0.15, 0.2) is 156 Å². The lowest BCUT2D eigenvalue weighted by molar-refractivity contribution is 0.995. The fourth-order valence-corrected chi connectivity index (χ4v) is 6.36. The molecule has 0 spiro atoms. The normalized spacial score (nSPS) is 11.3. The lowest BCUT2D eigenvalue weighted by atomic mass is 10.0. The average Bonchev–Trinajstić information content (AvgIpc) is 3.43. The molecule has 0 aliphatic heterocycles. The largest absolute Gasteiger partial charge is 0.278 e. The number of halogens is 1. The van der Waals surface area contributed by atoms with Crippen molar-refractivity contribution in [2.75, 3.05) is 0 Å². The molecule has 8 aromatic rings. The standard InChI is InChI=1S/C39H25BrN4/c40-32-22-30(29-11-8-20-41-25-29)21-31(23-32)36-24-35(28-18-16-27(17-19-28)26-9-2-1-3-10-26)42-39(43-36)44-37-14-6-4-12-33(37)34-13-5-7-15-38(34)44/h1-25H. The molecule has 0 atom stereocenters. The maximum Gasteiger partial charge on any atom is 0.235 e. The zero-order valence-electron chi connectivity index (χ0n) is 23.6. The molecule has 0 unspecified atom stereocenters. The fourth-order valence-electron chi connectivity index (χ4n) is 5.87. The number of fused-ring (bicyclic) bond motifs is 3. The summed E-state index contributed by atoms with van der Waals surface area (Å²) in [6.07, 6.45) is 3.68. The van der Waals surface area contributed by atoms with E-state index in [9.17, 15) is 0 Å². The number of nitrogens with zero attached hydrogens (tertiary/aromatic N) is 4. The summed E-state index contributed by atoms with van der Waals surface area (Å²) in [5, 5.41) is 2.35. The van der Waals surface area contributed by atoms with Gasteiger partial charge in [-0.15, -0.1) is 0 Å². The number of para-hydroxylation sites is 2. The van der Waals surface area contributed by atoms with Crippen LogP contribution in [0.1, 0.15) is 0 Å². The Hall–Kier alpha value is -5.39. The second-order valence-corrected chi connectivity index (χ2v) is 11.6. The molecular weight excluding hydrogens is 604 g/mol. The van der Waals surface area contributed by atoms with Crippen molar-refractivity contribution in [1.82, 2.24) is 19.5 Å². The highest BCUT2D eigenvalue weighted by molar-refractivity contribution is 9.10. The van der Waals surface area contributed by atoms with E-state index in [4.69, 9.17) is 9.97 Å². The van der Waals surface area contributed by atoms with Gasteiger partial charge in [0.25, 0.3) is 0 Å². The first-order chi connectivity index (χ1) is 21.7. The number of benzene rings is 5. The molecule has 0 fully saturated rings. The van der Waals surface area contributed by atoms with Gasteiger partial charge in [0, 0.05) is 44.3 Å². The molecule has 8 rings (SSSR count). The van der Waals surface area contributed by atoms with Crippen LogP contribution in [0.25, 0.3) is 72.5 Å². The summed E-state index contributed by atoms with van der Waals surface area (Å²) in [5.74, 6) is 0.630. The van der Waals surface area contributed by atoms with Crippen molar-refractivity contribution in [3.8, 4) is 50.7 Å². The third kappa shape index (κ3) is 4.77. The molecule has 208 valence electrons. The van der Waals surface area contributed by atoms with Gasteiger partial charge in [-0.1, -0.05) is 113 Å². The molecule has 0 saturated carbocycles. The number of hydrogen-bond donors (Lipinski definition) is 0. The Morgan fingerprint density at radius 2 is 1.02 bits per heavy atom. The fraction of sp³-hybridized carbons (Fsp3) is 0. The molecule has 0 N–H and O–H groups in total. The summed E-state index contributed by atoms with van der Waals surface area (Å²) in [6, 6.07) is 48.4. The molecule has 0 radical (unpaired) electrons. The van der Waals surface area contributed by atoms with Crippen LogP contribution in [-0.2, 0) is 0 Å². The minimum atomic E-state index is 0.630. The van der Waals surface area contributed by atoms with E-state index in [2.05, 4.69) is 153 Å². The quantitative estimate of drug-likeness (QED) is 0.190. The zero-order chi connectivity index (χ0) is 29.5. The highest BCUT2D eigenvalue weighted by atomic mass is 79.9. The van der Waals surface area contributed by atoms with Crippen molar-refractivity contribution in [1.29, 1.82) is 0 Å². The van der Waals surface area contributed by atoms with Gasteiger partial charge in [0.1, 0.15) is 0 Å². The van der Waals surface area contributed by atoms with Crippen LogP contribution in [0.3, 0.4) is 0 Å². The van der Waals surface area contributed by atoms with E-state index in [1.54, 1.807) is 6.20 Å². The lowest BCUT2D eigenvalue weighted by Gasteiger charge is -2.13. The van der Waals surface area contributed by atoms with E-state index < -0.39 is 0 Å². The molecule has 3 aromatic heterocycles. The van der Waals surface area contributed by atoms with Gasteiger partial charge in [0.15, 0.2) is 0 Å². The number of hydrogen-bond acceptors (Lipinski definition) is 3. The summed E-state index contributed by atoms with van der Waals surface area (Å²) in [7, 11) is 0. The minimum Gasteiger partial charge on any atom is -0.278 e. The molecule has 4 nitrogen and oxygen atoms in total. The van der Waals surface area contributed by atoms with Gasteiger partial charge < -0.3 is 0 Å². The van der Waals surface area contributed by atoms with E-state index in [1.807, 2.05) is 18.3 Å². The average molecular weight is 630 g/mol. The smallest absolute Gasteiger partial charge is 0.235 e. The molecule has 0 bridgehead atoms. The van der Waals surface area contributed by atoms with Gasteiger partial charge >= 0.3 is 0 Å². The van der Waals surface area contributed by atoms with E-state index in [0.717, 1.165) is 49.1 Å². The van der Waals surface area contributed by atoms with E-state index in [1.165, 1.54) is 21.9 Å². The first-order valence-electron chi connectivity index (χ1n) is 14.5. The van der Waals surface area contributed by atoms with Crippen LogP contribution >= 0.6 is 15.9 Å². The number of aromatic nitrogens is 4.